The van der Waals surface area contributed by atoms with Gasteiger partial charge in [0, 0.05) is 12.1 Å². The summed E-state index contributed by atoms with van der Waals surface area (Å²) in [7, 11) is 0. The van der Waals surface area contributed by atoms with Crippen molar-refractivity contribution in [1.29, 1.82) is 0 Å². The maximum absolute atomic E-state index is 11.3. The minimum Gasteiger partial charge on any atom is -0.382 e. The Morgan fingerprint density at radius 2 is 2.19 bits per heavy atom. The number of hydrazine groups is 1. The quantitative estimate of drug-likeness (QED) is 0.575. The smallest absolute Gasteiger partial charge is 0.267 e. The van der Waals surface area contributed by atoms with Crippen LogP contribution in [-0.2, 0) is 4.79 Å². The fourth-order valence-electron chi connectivity index (χ4n) is 1.57. The Kier molecular flexibility index (Phi) is 4.16. The highest BCUT2D eigenvalue weighted by Gasteiger charge is 2.22. The number of carbonyl (C=O) groups excluding carboxylic acids is 1. The average Bonchev–Trinajstić information content (AvgIpc) is 2.23. The molecule has 0 aromatic rings. The van der Waals surface area contributed by atoms with Crippen molar-refractivity contribution in [2.75, 3.05) is 6.54 Å². The number of hydrogen-bond acceptors (Lipinski definition) is 5. The molecule has 0 saturated carbocycles. The Bertz CT molecular complexity index is 334. The van der Waals surface area contributed by atoms with E-state index in [1.807, 2.05) is 0 Å². The highest BCUT2D eigenvalue weighted by Crippen LogP contribution is 2.13. The zero-order valence-corrected chi connectivity index (χ0v) is 9.79. The van der Waals surface area contributed by atoms with Gasteiger partial charge in [0.15, 0.2) is 5.84 Å². The molecule has 1 aliphatic heterocycles. The number of nitrogens with two attached hydrogens (primary N) is 2. The van der Waals surface area contributed by atoms with Crippen molar-refractivity contribution in [3.63, 3.8) is 0 Å². The van der Waals surface area contributed by atoms with Gasteiger partial charge in [-0.2, -0.15) is 0 Å². The molecular formula is C10H19N5O. The molecule has 0 radical (unpaired) electrons. The number of amides is 1. The summed E-state index contributed by atoms with van der Waals surface area (Å²) in [5.74, 6) is -0.181. The van der Waals surface area contributed by atoms with E-state index in [4.69, 9.17) is 11.5 Å². The molecule has 0 aromatic heterocycles. The minimum atomic E-state index is -0.487. The summed E-state index contributed by atoms with van der Waals surface area (Å²) in [6.45, 7) is 4.56. The first-order valence-electron chi connectivity index (χ1n) is 5.45. The number of hydrogen-bond donors (Lipinski definition) is 3. The Morgan fingerprint density at radius 1 is 1.50 bits per heavy atom. The average molecular weight is 225 g/mol. The molecule has 0 aromatic carbocycles. The van der Waals surface area contributed by atoms with E-state index >= 15 is 0 Å². The van der Waals surface area contributed by atoms with Gasteiger partial charge in [-0.05, 0) is 13.3 Å². The van der Waals surface area contributed by atoms with E-state index in [2.05, 4.69) is 17.6 Å². The number of nitrogens with zero attached hydrogens (tertiary/aromatic N) is 2. The molecule has 0 spiro atoms. The summed E-state index contributed by atoms with van der Waals surface area (Å²) in [6, 6.07) is 0. The second-order valence-corrected chi connectivity index (χ2v) is 3.79. The van der Waals surface area contributed by atoms with E-state index in [1.165, 1.54) is 0 Å². The van der Waals surface area contributed by atoms with Crippen LogP contribution in [0.3, 0.4) is 0 Å². The van der Waals surface area contributed by atoms with Crippen molar-refractivity contribution < 1.29 is 4.79 Å². The van der Waals surface area contributed by atoms with E-state index in [1.54, 1.807) is 11.9 Å². The van der Waals surface area contributed by atoms with Crippen LogP contribution in [0.4, 0.5) is 0 Å². The largest absolute Gasteiger partial charge is 0.382 e. The normalized spacial score (nSPS) is 15.9. The van der Waals surface area contributed by atoms with Gasteiger partial charge in [-0.3, -0.25) is 9.80 Å². The van der Waals surface area contributed by atoms with E-state index in [-0.39, 0.29) is 0 Å². The van der Waals surface area contributed by atoms with Crippen LogP contribution in [0.5, 0.6) is 0 Å². The Balaban J connectivity index is 2.76. The van der Waals surface area contributed by atoms with E-state index in [0.717, 1.165) is 19.3 Å². The van der Waals surface area contributed by atoms with Gasteiger partial charge in [-0.15, -0.1) is 5.10 Å². The molecule has 1 rings (SSSR count). The predicted octanol–water partition coefficient (Wildman–Crippen LogP) is 0.0283. The van der Waals surface area contributed by atoms with Gasteiger partial charge in [0.2, 0.25) is 0 Å². The third-order valence-electron chi connectivity index (χ3n) is 2.52. The van der Waals surface area contributed by atoms with Crippen molar-refractivity contribution in [2.24, 2.45) is 16.6 Å². The lowest BCUT2D eigenvalue weighted by Gasteiger charge is -2.29. The van der Waals surface area contributed by atoms with Crippen LogP contribution in [-0.4, -0.2) is 23.3 Å². The summed E-state index contributed by atoms with van der Waals surface area (Å²) in [6.07, 6.45) is 3.19. The van der Waals surface area contributed by atoms with E-state index in [9.17, 15) is 4.79 Å². The first kappa shape index (κ1) is 12.4. The first-order chi connectivity index (χ1) is 7.57. The molecule has 5 N–H and O–H groups in total. The molecule has 0 aliphatic carbocycles. The van der Waals surface area contributed by atoms with Crippen molar-refractivity contribution >= 4 is 11.7 Å². The van der Waals surface area contributed by atoms with Crippen molar-refractivity contribution in [3.05, 3.63) is 11.3 Å². The minimum absolute atomic E-state index is 0.306. The predicted molar refractivity (Wildman–Crippen MR) is 62.9 cm³/mol. The number of hydrazone groups is 1. The van der Waals surface area contributed by atoms with Crippen LogP contribution in [0.1, 0.15) is 33.1 Å². The number of nitrogens with one attached hydrogen (secondary N) is 1. The van der Waals surface area contributed by atoms with Crippen molar-refractivity contribution in [3.8, 4) is 0 Å². The summed E-state index contributed by atoms with van der Waals surface area (Å²) in [5, 5.41) is 5.56. The molecule has 90 valence electrons. The zero-order chi connectivity index (χ0) is 12.1. The van der Waals surface area contributed by atoms with Gasteiger partial charge >= 0.3 is 0 Å². The maximum Gasteiger partial charge on any atom is 0.267 e. The topological polar surface area (TPSA) is 96.7 Å². The summed E-state index contributed by atoms with van der Waals surface area (Å²) < 4.78 is 0. The third kappa shape index (κ3) is 2.65. The number of amidine groups is 1. The molecule has 0 saturated heterocycles. The Labute approximate surface area is 95.3 Å². The van der Waals surface area contributed by atoms with Crippen LogP contribution in [0.15, 0.2) is 16.4 Å². The van der Waals surface area contributed by atoms with Crippen LogP contribution in [0, 0.1) is 0 Å². The van der Waals surface area contributed by atoms with Crippen LogP contribution >= 0.6 is 0 Å². The monoisotopic (exact) mass is 225 g/mol. The summed E-state index contributed by atoms with van der Waals surface area (Å²) >= 11 is 0. The van der Waals surface area contributed by atoms with Gasteiger partial charge in [-0.1, -0.05) is 19.8 Å². The van der Waals surface area contributed by atoms with E-state index in [0.29, 0.717) is 23.7 Å². The lowest BCUT2D eigenvalue weighted by atomic mass is 10.1. The standard InChI is InChI=1S/C10H19N5O/c1-3-4-5-6-15-8(10(12)16)7(2)9(11)13-14-15/h14H,3-6H2,1-2H3,(H2,11,13)(H2,12,16). The molecule has 1 amide bonds. The van der Waals surface area contributed by atoms with Crippen LogP contribution in [0.25, 0.3) is 0 Å². The summed E-state index contributed by atoms with van der Waals surface area (Å²) in [4.78, 5) is 11.3. The van der Waals surface area contributed by atoms with Gasteiger partial charge in [-0.25, -0.2) is 5.53 Å². The van der Waals surface area contributed by atoms with Crippen molar-refractivity contribution in [2.45, 2.75) is 33.1 Å². The van der Waals surface area contributed by atoms with Crippen LogP contribution in [0.2, 0.25) is 0 Å². The van der Waals surface area contributed by atoms with Gasteiger partial charge in [0.05, 0.1) is 0 Å². The molecule has 0 atom stereocenters. The van der Waals surface area contributed by atoms with Crippen molar-refractivity contribution in [1.82, 2.24) is 10.5 Å². The molecular weight excluding hydrogens is 206 g/mol. The fraction of sp³-hybridized carbons (Fsp3) is 0.600. The Morgan fingerprint density at radius 3 is 2.75 bits per heavy atom. The highest BCUT2D eigenvalue weighted by molar-refractivity contribution is 6.05. The zero-order valence-electron chi connectivity index (χ0n) is 9.79. The number of carbonyl (C=O) groups is 1. The van der Waals surface area contributed by atoms with Gasteiger partial charge in [0.25, 0.3) is 5.91 Å². The molecule has 1 aliphatic rings. The lowest BCUT2D eigenvalue weighted by Crippen LogP contribution is -2.45. The fourth-order valence-corrected chi connectivity index (χ4v) is 1.57. The SMILES string of the molecule is CCCCCN1NN=C(N)C(C)=C1C(N)=O. The second kappa shape index (κ2) is 5.39. The molecule has 0 unspecified atom stereocenters. The molecule has 6 heteroatoms. The third-order valence-corrected chi connectivity index (χ3v) is 2.52. The number of primary amides is 1. The second-order valence-electron chi connectivity index (χ2n) is 3.79. The maximum atomic E-state index is 11.3. The molecule has 0 bridgehead atoms. The van der Waals surface area contributed by atoms with Gasteiger partial charge in [0.1, 0.15) is 5.70 Å². The molecule has 0 fully saturated rings. The number of rotatable bonds is 5. The summed E-state index contributed by atoms with van der Waals surface area (Å²) in [5.41, 5.74) is 14.7. The van der Waals surface area contributed by atoms with E-state index < -0.39 is 5.91 Å². The highest BCUT2D eigenvalue weighted by atomic mass is 16.1. The Hall–Kier alpha value is -1.72. The molecule has 1 heterocycles. The molecule has 16 heavy (non-hydrogen) atoms. The first-order valence-corrected chi connectivity index (χ1v) is 5.45. The number of unbranched alkanes of at least 4 members (excludes halogenated alkanes) is 2. The van der Waals surface area contributed by atoms with Gasteiger partial charge < -0.3 is 11.5 Å². The molecule has 6 nitrogen and oxygen atoms in total. The lowest BCUT2D eigenvalue weighted by molar-refractivity contribution is -0.116. The van der Waals surface area contributed by atoms with Crippen LogP contribution < -0.4 is 17.0 Å².